The van der Waals surface area contributed by atoms with E-state index in [1.807, 2.05) is 30.3 Å². The highest BCUT2D eigenvalue weighted by molar-refractivity contribution is 7.89. The molecule has 0 unspecified atom stereocenters. The highest BCUT2D eigenvalue weighted by Crippen LogP contribution is 2.31. The molecule has 1 N–H and O–H groups in total. The van der Waals surface area contributed by atoms with E-state index in [0.717, 1.165) is 30.4 Å². The number of carbonyl (C=O) groups is 1. The van der Waals surface area contributed by atoms with E-state index in [-0.39, 0.29) is 16.6 Å². The second kappa shape index (κ2) is 10.6. The summed E-state index contributed by atoms with van der Waals surface area (Å²) in [6.45, 7) is 0.975. The summed E-state index contributed by atoms with van der Waals surface area (Å²) in [4.78, 5) is 12.8. The van der Waals surface area contributed by atoms with Gasteiger partial charge in [-0.25, -0.2) is 8.42 Å². The molecule has 1 aliphatic heterocycles. The standard InChI is InChI=1S/C27H26N2O4S/c1-33-25-17-16-24(20-26(25)34(31,32)29-18-6-3-7-19-29)28-27(30)23-14-12-22(13-15-23)11-10-21-8-4-2-5-9-21/h2,4-5,8-9,12-17,20H,3,6-7,18-19H2,1H3,(H,28,30). The summed E-state index contributed by atoms with van der Waals surface area (Å²) in [6.07, 6.45) is 2.70. The average molecular weight is 475 g/mol. The van der Waals surface area contributed by atoms with E-state index in [2.05, 4.69) is 17.2 Å². The van der Waals surface area contributed by atoms with Gasteiger partial charge in [0, 0.05) is 35.5 Å². The van der Waals surface area contributed by atoms with Gasteiger partial charge in [0.1, 0.15) is 10.6 Å². The molecular weight excluding hydrogens is 448 g/mol. The lowest BCUT2D eigenvalue weighted by molar-refractivity contribution is 0.102. The highest BCUT2D eigenvalue weighted by atomic mass is 32.2. The summed E-state index contributed by atoms with van der Waals surface area (Å²) in [5.74, 6) is 6.08. The van der Waals surface area contributed by atoms with Crippen molar-refractivity contribution >= 4 is 21.6 Å². The van der Waals surface area contributed by atoms with Crippen LogP contribution in [0.4, 0.5) is 5.69 Å². The first-order chi connectivity index (χ1) is 16.5. The van der Waals surface area contributed by atoms with Crippen molar-refractivity contribution in [3.63, 3.8) is 0 Å². The molecule has 0 saturated carbocycles. The summed E-state index contributed by atoms with van der Waals surface area (Å²) in [6, 6.07) is 21.3. The predicted octanol–water partition coefficient (Wildman–Crippen LogP) is 4.52. The number of methoxy groups -OCH3 is 1. The van der Waals surface area contributed by atoms with Gasteiger partial charge in [-0.1, -0.05) is 36.5 Å². The Balaban J connectivity index is 1.51. The molecule has 1 heterocycles. The van der Waals surface area contributed by atoms with Gasteiger partial charge in [-0.3, -0.25) is 4.79 Å². The molecule has 0 bridgehead atoms. The number of hydrogen-bond acceptors (Lipinski definition) is 4. The van der Waals surface area contributed by atoms with Crippen molar-refractivity contribution in [1.29, 1.82) is 0 Å². The lowest BCUT2D eigenvalue weighted by atomic mass is 10.1. The molecule has 6 nitrogen and oxygen atoms in total. The average Bonchev–Trinajstić information content (AvgIpc) is 2.89. The Kier molecular flexibility index (Phi) is 7.31. The van der Waals surface area contributed by atoms with Crippen molar-refractivity contribution in [1.82, 2.24) is 4.31 Å². The van der Waals surface area contributed by atoms with E-state index in [4.69, 9.17) is 4.74 Å². The van der Waals surface area contributed by atoms with E-state index in [1.54, 1.807) is 36.4 Å². The number of carbonyl (C=O) groups excluding carboxylic acids is 1. The van der Waals surface area contributed by atoms with Gasteiger partial charge < -0.3 is 10.1 Å². The van der Waals surface area contributed by atoms with Gasteiger partial charge in [0.15, 0.2) is 0 Å². The van der Waals surface area contributed by atoms with Crippen molar-refractivity contribution < 1.29 is 17.9 Å². The molecule has 34 heavy (non-hydrogen) atoms. The molecule has 0 atom stereocenters. The first-order valence-electron chi connectivity index (χ1n) is 11.1. The Morgan fingerprint density at radius 3 is 2.18 bits per heavy atom. The SMILES string of the molecule is COc1ccc(NC(=O)c2ccc(C#Cc3ccccc3)cc2)cc1S(=O)(=O)N1CCCCC1. The van der Waals surface area contributed by atoms with Gasteiger partial charge in [-0.15, -0.1) is 0 Å². The molecule has 7 heteroatoms. The minimum atomic E-state index is -3.72. The van der Waals surface area contributed by atoms with Gasteiger partial charge in [0.05, 0.1) is 7.11 Å². The molecule has 0 radical (unpaired) electrons. The van der Waals surface area contributed by atoms with Crippen LogP contribution in [-0.4, -0.2) is 38.8 Å². The first kappa shape index (κ1) is 23.6. The summed E-state index contributed by atoms with van der Waals surface area (Å²) in [5, 5.41) is 2.79. The van der Waals surface area contributed by atoms with Crippen molar-refractivity contribution in [2.75, 3.05) is 25.5 Å². The number of amides is 1. The number of anilines is 1. The zero-order valence-electron chi connectivity index (χ0n) is 19.0. The minimum absolute atomic E-state index is 0.0567. The van der Waals surface area contributed by atoms with E-state index < -0.39 is 10.0 Å². The zero-order chi connectivity index (χ0) is 24.0. The molecule has 0 spiro atoms. The van der Waals surface area contributed by atoms with Crippen LogP contribution in [0.5, 0.6) is 5.75 Å². The second-order valence-electron chi connectivity index (χ2n) is 7.98. The van der Waals surface area contributed by atoms with Gasteiger partial charge in [0.25, 0.3) is 5.91 Å². The quantitative estimate of drug-likeness (QED) is 0.552. The van der Waals surface area contributed by atoms with E-state index in [1.165, 1.54) is 17.5 Å². The molecule has 3 aromatic carbocycles. The molecule has 3 aromatic rings. The molecule has 1 fully saturated rings. The summed E-state index contributed by atoms with van der Waals surface area (Å²) < 4.78 is 33.2. The van der Waals surface area contributed by atoms with Crippen molar-refractivity contribution in [2.45, 2.75) is 24.2 Å². The number of nitrogens with one attached hydrogen (secondary N) is 1. The maximum absolute atomic E-state index is 13.2. The van der Waals surface area contributed by atoms with Crippen LogP contribution < -0.4 is 10.1 Å². The molecule has 4 rings (SSSR count). The number of benzene rings is 3. The van der Waals surface area contributed by atoms with E-state index >= 15 is 0 Å². The van der Waals surface area contributed by atoms with Crippen LogP contribution in [-0.2, 0) is 10.0 Å². The lowest BCUT2D eigenvalue weighted by Crippen LogP contribution is -2.35. The molecular formula is C27H26N2O4S. The first-order valence-corrected chi connectivity index (χ1v) is 12.6. The third-order valence-electron chi connectivity index (χ3n) is 5.63. The van der Waals surface area contributed by atoms with Crippen LogP contribution in [0.2, 0.25) is 0 Å². The second-order valence-corrected chi connectivity index (χ2v) is 9.88. The fourth-order valence-electron chi connectivity index (χ4n) is 3.77. The Hall–Kier alpha value is -3.60. The molecule has 1 saturated heterocycles. The van der Waals surface area contributed by atoms with Gasteiger partial charge in [-0.05, 0) is 67.4 Å². The summed E-state index contributed by atoms with van der Waals surface area (Å²) in [5.41, 5.74) is 2.54. The fraction of sp³-hybridized carbons (Fsp3) is 0.222. The maximum Gasteiger partial charge on any atom is 0.255 e. The Morgan fingerprint density at radius 1 is 0.882 bits per heavy atom. The third kappa shape index (κ3) is 5.48. The number of hydrogen-bond donors (Lipinski definition) is 1. The van der Waals surface area contributed by atoms with Crippen LogP contribution in [0.1, 0.15) is 40.7 Å². The fourth-order valence-corrected chi connectivity index (χ4v) is 5.47. The third-order valence-corrected chi connectivity index (χ3v) is 7.55. The zero-order valence-corrected chi connectivity index (χ0v) is 19.8. The molecule has 0 aliphatic carbocycles. The lowest BCUT2D eigenvalue weighted by Gasteiger charge is -2.26. The van der Waals surface area contributed by atoms with Crippen molar-refractivity contribution in [2.24, 2.45) is 0 Å². The van der Waals surface area contributed by atoms with Crippen molar-refractivity contribution in [3.8, 4) is 17.6 Å². The number of ether oxygens (including phenoxy) is 1. The van der Waals surface area contributed by atoms with Gasteiger partial charge >= 0.3 is 0 Å². The Bertz CT molecular complexity index is 1320. The summed E-state index contributed by atoms with van der Waals surface area (Å²) in [7, 11) is -2.29. The van der Waals surface area contributed by atoms with Gasteiger partial charge in [0.2, 0.25) is 10.0 Å². The Labute approximate surface area is 200 Å². The van der Waals surface area contributed by atoms with Crippen LogP contribution >= 0.6 is 0 Å². The normalized spacial score (nSPS) is 14.0. The largest absolute Gasteiger partial charge is 0.495 e. The van der Waals surface area contributed by atoms with E-state index in [9.17, 15) is 13.2 Å². The Morgan fingerprint density at radius 2 is 1.53 bits per heavy atom. The highest BCUT2D eigenvalue weighted by Gasteiger charge is 2.29. The minimum Gasteiger partial charge on any atom is -0.495 e. The van der Waals surface area contributed by atoms with Gasteiger partial charge in [-0.2, -0.15) is 4.31 Å². The monoisotopic (exact) mass is 474 g/mol. The topological polar surface area (TPSA) is 75.7 Å². The number of piperidine rings is 1. The van der Waals surface area contributed by atoms with E-state index in [0.29, 0.717) is 24.3 Å². The van der Waals surface area contributed by atoms with Crippen molar-refractivity contribution in [3.05, 3.63) is 89.5 Å². The molecule has 0 aromatic heterocycles. The van der Waals surface area contributed by atoms with Crippen LogP contribution in [0.3, 0.4) is 0 Å². The predicted molar refractivity (Wildman–Crippen MR) is 132 cm³/mol. The van der Waals surface area contributed by atoms with Crippen LogP contribution in [0, 0.1) is 11.8 Å². The number of rotatable bonds is 5. The number of nitrogens with zero attached hydrogens (tertiary/aromatic N) is 1. The molecule has 1 aliphatic rings. The molecule has 174 valence electrons. The van der Waals surface area contributed by atoms with Crippen LogP contribution in [0.25, 0.3) is 0 Å². The van der Waals surface area contributed by atoms with Crippen LogP contribution in [0.15, 0.2) is 77.7 Å². The number of sulfonamides is 1. The maximum atomic E-state index is 13.2. The molecule has 1 amide bonds. The summed E-state index contributed by atoms with van der Waals surface area (Å²) >= 11 is 0. The smallest absolute Gasteiger partial charge is 0.255 e.